The number of anilines is 1. The molecule has 0 saturated carbocycles. The van der Waals surface area contributed by atoms with Gasteiger partial charge in [-0.25, -0.2) is 8.42 Å². The number of rotatable bonds is 16. The zero-order valence-electron chi connectivity index (χ0n) is 21.1. The molecule has 2 N–H and O–H groups in total. The molecule has 2 aromatic rings. The van der Waals surface area contributed by atoms with Crippen molar-refractivity contribution in [3.63, 3.8) is 0 Å². The molecule has 0 bridgehead atoms. The van der Waals surface area contributed by atoms with Gasteiger partial charge in [0.15, 0.2) is 9.84 Å². The van der Waals surface area contributed by atoms with Crippen molar-refractivity contribution in [2.24, 2.45) is 0 Å². The van der Waals surface area contributed by atoms with Gasteiger partial charge in [0.1, 0.15) is 0 Å². The Balaban J connectivity index is 1.25. The Kier molecular flexibility index (Phi) is 11.9. The average Bonchev–Trinajstić information content (AvgIpc) is 3.32. The number of unbranched alkanes of at least 4 members (excludes halogenated alkanes) is 9. The Morgan fingerprint density at radius 1 is 0.784 bits per heavy atom. The number of hydrogen-bond acceptors (Lipinski definition) is 8. The van der Waals surface area contributed by atoms with Crippen molar-refractivity contribution in [2.75, 3.05) is 18.1 Å². The van der Waals surface area contributed by atoms with Gasteiger partial charge in [-0.1, -0.05) is 19.3 Å². The summed E-state index contributed by atoms with van der Waals surface area (Å²) in [7, 11) is -6.97. The zero-order chi connectivity index (χ0) is 26.7. The summed E-state index contributed by atoms with van der Waals surface area (Å²) in [6, 6.07) is 13.3. The molecule has 0 spiro atoms. The third kappa shape index (κ3) is 9.37. The summed E-state index contributed by atoms with van der Waals surface area (Å²) in [5, 5.41) is 0. The van der Waals surface area contributed by atoms with Crippen LogP contribution in [0.25, 0.3) is 0 Å². The van der Waals surface area contributed by atoms with Gasteiger partial charge in [-0.15, -0.1) is 0 Å². The van der Waals surface area contributed by atoms with Crippen LogP contribution >= 0.6 is 0 Å². The van der Waals surface area contributed by atoms with E-state index in [9.17, 15) is 20.2 Å². The van der Waals surface area contributed by atoms with E-state index in [0.29, 0.717) is 23.4 Å². The van der Waals surface area contributed by atoms with Crippen molar-refractivity contribution in [3.8, 4) is 0 Å². The van der Waals surface area contributed by atoms with E-state index in [1.165, 1.54) is 0 Å². The second-order valence-electron chi connectivity index (χ2n) is 9.43. The minimum Gasteiger partial charge on any atom is -0.0415 e. The van der Waals surface area contributed by atoms with Crippen molar-refractivity contribution in [1.29, 1.82) is 0 Å². The molecule has 1 aliphatic rings. The molecule has 1 aliphatic heterocycles. The normalized spacial score (nSPS) is 16.3. The van der Waals surface area contributed by atoms with E-state index < -0.39 is 43.7 Å². The standard InChI is InChI=1S/C26H37NO6S2.O.Ti/c27-23-16-18-24(19-17-23)34(30,31)20-12-8-6-4-2-1-3-5-7-9-13-22-14-10-11-15-25(22)35(32,33)26(29)21-28;;/h10-11,14-19,26H,1-9,12-13,20-21,27H2;;/q-2;;+2. The molecule has 11 heteroatoms. The van der Waals surface area contributed by atoms with Gasteiger partial charge in [-0.05, 0) is 30.7 Å². The first-order chi connectivity index (χ1) is 17.7. The van der Waals surface area contributed by atoms with E-state index in [1.807, 2.05) is 12.1 Å². The fourth-order valence-corrected chi connectivity index (χ4v) is 9.34. The van der Waals surface area contributed by atoms with Gasteiger partial charge >= 0.3 is 139 Å². The van der Waals surface area contributed by atoms with Crippen molar-refractivity contribution >= 4 is 25.4 Å². The second-order valence-corrected chi connectivity index (χ2v) is 15.2. The molecular weight excluding hydrogens is 550 g/mol. The fourth-order valence-electron chi connectivity index (χ4n) is 4.41. The fraction of sp³-hybridized carbons (Fsp3) is 0.538. The summed E-state index contributed by atoms with van der Waals surface area (Å²) in [5.41, 5.74) is 5.77. The van der Waals surface area contributed by atoms with Gasteiger partial charge in [-0.2, -0.15) is 0 Å². The molecule has 8 nitrogen and oxygen atoms in total. The van der Waals surface area contributed by atoms with Crippen LogP contribution in [0.4, 0.5) is 5.69 Å². The summed E-state index contributed by atoms with van der Waals surface area (Å²) in [4.78, 5) is 0.584. The molecule has 1 fully saturated rings. The van der Waals surface area contributed by atoms with Crippen LogP contribution in [-0.4, -0.2) is 34.6 Å². The topological polar surface area (TPSA) is 130 Å². The Morgan fingerprint density at radius 3 is 1.95 bits per heavy atom. The minimum atomic E-state index is -3.73. The molecule has 204 valence electrons. The van der Waals surface area contributed by atoms with Crippen LogP contribution in [0, 0.1) is 0 Å². The maximum atomic E-state index is 12.9. The van der Waals surface area contributed by atoms with Crippen LogP contribution in [-0.2, 0) is 54.7 Å². The summed E-state index contributed by atoms with van der Waals surface area (Å²) in [6.07, 6.45) is 10.8. The predicted molar refractivity (Wildman–Crippen MR) is 138 cm³/mol. The number of aryl methyl sites for hydroxylation is 1. The molecule has 3 rings (SSSR count). The molecular formula is C26H37NO7S2Ti. The van der Waals surface area contributed by atoms with Crippen LogP contribution in [0.3, 0.4) is 0 Å². The van der Waals surface area contributed by atoms with Gasteiger partial charge in [0.05, 0.1) is 10.6 Å². The maximum absolute atomic E-state index is 12.9. The number of hydrogen-bond donors (Lipinski definition) is 1. The van der Waals surface area contributed by atoms with Gasteiger partial charge in [0, 0.05) is 5.69 Å². The Hall–Kier alpha value is -1.43. The summed E-state index contributed by atoms with van der Waals surface area (Å²) < 4.78 is 71.8. The van der Waals surface area contributed by atoms with E-state index in [0.717, 1.165) is 63.4 Å². The first-order valence-electron chi connectivity index (χ1n) is 12.9. The van der Waals surface area contributed by atoms with Crippen molar-refractivity contribution in [2.45, 2.75) is 85.9 Å². The van der Waals surface area contributed by atoms with E-state index in [1.54, 1.807) is 36.4 Å². The third-order valence-corrected chi connectivity index (χ3v) is 11.9. The van der Waals surface area contributed by atoms with Crippen molar-refractivity contribution < 1.29 is 45.4 Å². The van der Waals surface area contributed by atoms with Crippen molar-refractivity contribution in [1.82, 2.24) is 0 Å². The van der Waals surface area contributed by atoms with Gasteiger partial charge in [0.25, 0.3) is 0 Å². The van der Waals surface area contributed by atoms with Gasteiger partial charge < -0.3 is 5.73 Å². The molecule has 37 heavy (non-hydrogen) atoms. The smallest absolute Gasteiger partial charge is 0.0379 e. The second kappa shape index (κ2) is 14.7. The van der Waals surface area contributed by atoms with E-state index >= 15 is 0 Å². The molecule has 2 aromatic carbocycles. The zero-order valence-corrected chi connectivity index (χ0v) is 24.3. The summed E-state index contributed by atoms with van der Waals surface area (Å²) >= 11 is -3.34. The number of nitrogen functional groups attached to an aromatic ring is 1. The van der Waals surface area contributed by atoms with E-state index in [4.69, 9.17) is 12.4 Å². The number of nitrogens with two attached hydrogens (primary N) is 1. The first kappa shape index (κ1) is 30.1. The van der Waals surface area contributed by atoms with Gasteiger partial charge in [0.2, 0.25) is 0 Å². The molecule has 1 unspecified atom stereocenters. The molecule has 0 amide bonds. The van der Waals surface area contributed by atoms with Crippen LogP contribution in [0.2, 0.25) is 0 Å². The molecule has 1 heterocycles. The Labute approximate surface area is 227 Å². The molecule has 0 aliphatic carbocycles. The van der Waals surface area contributed by atoms with Gasteiger partial charge in [-0.3, -0.25) is 0 Å². The van der Waals surface area contributed by atoms with Crippen LogP contribution in [0.1, 0.15) is 69.8 Å². The molecule has 0 aromatic heterocycles. The number of sulfone groups is 2. The largest absolute Gasteiger partial charge is 0.0415 e. The van der Waals surface area contributed by atoms with Crippen LogP contribution < -0.4 is 5.73 Å². The molecule has 0 radical (unpaired) electrons. The van der Waals surface area contributed by atoms with Crippen LogP contribution in [0.5, 0.6) is 0 Å². The minimum absolute atomic E-state index is 0.168. The maximum Gasteiger partial charge on any atom is -0.0379 e. The molecule has 1 saturated heterocycles. The average molecular weight is 588 g/mol. The number of benzene rings is 2. The Bertz CT molecular complexity index is 1230. The third-order valence-electron chi connectivity index (χ3n) is 6.54. The van der Waals surface area contributed by atoms with E-state index in [2.05, 4.69) is 0 Å². The monoisotopic (exact) mass is 587 g/mol. The SMILES string of the molecule is Nc1ccc(S(=O)(=O)CCCCCCCCCCCCc2ccccc2S(=O)(=O)C2C[O][Ti](=[O])[O]2)cc1. The quantitative estimate of drug-likeness (QED) is 0.163. The van der Waals surface area contributed by atoms with E-state index in [-0.39, 0.29) is 17.3 Å². The molecule has 1 atom stereocenters. The first-order valence-corrected chi connectivity index (χ1v) is 18.0. The van der Waals surface area contributed by atoms with Crippen LogP contribution in [0.15, 0.2) is 58.3 Å². The predicted octanol–water partition coefficient (Wildman–Crippen LogP) is 5.13. The Morgan fingerprint density at radius 2 is 1.35 bits per heavy atom. The van der Waals surface area contributed by atoms with Crippen molar-refractivity contribution in [3.05, 3.63) is 54.1 Å². The summed E-state index contributed by atoms with van der Waals surface area (Å²) in [6.45, 7) is -0.168. The summed E-state index contributed by atoms with van der Waals surface area (Å²) in [5.74, 6) is 0.171.